The number of alkyl halides is 1. The van der Waals surface area contributed by atoms with Crippen molar-refractivity contribution in [1.29, 1.82) is 0 Å². The summed E-state index contributed by atoms with van der Waals surface area (Å²) in [6, 6.07) is 12.4. The maximum Gasteiger partial charge on any atom is 0.131 e. The fourth-order valence-corrected chi connectivity index (χ4v) is 2.63. The monoisotopic (exact) mass is 302 g/mol. The van der Waals surface area contributed by atoms with Crippen LogP contribution in [0.2, 0.25) is 0 Å². The zero-order chi connectivity index (χ0) is 15.6. The Kier molecular flexibility index (Phi) is 4.63. The van der Waals surface area contributed by atoms with Gasteiger partial charge in [-0.2, -0.15) is 0 Å². The van der Waals surface area contributed by atoms with Crippen LogP contribution in [0.15, 0.2) is 36.4 Å². The van der Waals surface area contributed by atoms with Gasteiger partial charge in [-0.25, -0.2) is 0 Å². The lowest BCUT2D eigenvalue weighted by Gasteiger charge is -2.23. The van der Waals surface area contributed by atoms with E-state index in [1.54, 1.807) is 0 Å². The van der Waals surface area contributed by atoms with Gasteiger partial charge in [-0.15, -0.1) is 11.6 Å². The minimum atomic E-state index is 0.0481. The molecular formula is C19H23ClO. The topological polar surface area (TPSA) is 9.23 Å². The summed E-state index contributed by atoms with van der Waals surface area (Å²) in [6.07, 6.45) is 0. The number of hydrogen-bond donors (Lipinski definition) is 0. The summed E-state index contributed by atoms with van der Waals surface area (Å²) < 4.78 is 6.13. The lowest BCUT2D eigenvalue weighted by atomic mass is 9.85. The second-order valence-corrected chi connectivity index (χ2v) is 6.84. The van der Waals surface area contributed by atoms with E-state index in [2.05, 4.69) is 52.8 Å². The van der Waals surface area contributed by atoms with E-state index in [9.17, 15) is 0 Å². The zero-order valence-electron chi connectivity index (χ0n) is 13.5. The average Bonchev–Trinajstić information content (AvgIpc) is 2.40. The Bertz CT molecular complexity index is 638. The van der Waals surface area contributed by atoms with Crippen LogP contribution >= 0.6 is 11.6 Å². The van der Waals surface area contributed by atoms with Crippen molar-refractivity contribution in [2.75, 3.05) is 0 Å². The van der Waals surface area contributed by atoms with Crippen LogP contribution in [-0.4, -0.2) is 0 Å². The molecule has 0 atom stereocenters. The van der Waals surface area contributed by atoms with E-state index < -0.39 is 0 Å². The molecule has 0 fully saturated rings. The van der Waals surface area contributed by atoms with Crippen LogP contribution < -0.4 is 4.74 Å². The van der Waals surface area contributed by atoms with Crippen molar-refractivity contribution in [3.05, 3.63) is 58.7 Å². The molecule has 0 saturated carbocycles. The highest BCUT2D eigenvalue weighted by Crippen LogP contribution is 2.35. The summed E-state index contributed by atoms with van der Waals surface area (Å²) in [6.45, 7) is 10.8. The van der Waals surface area contributed by atoms with Gasteiger partial charge in [0, 0.05) is 11.4 Å². The van der Waals surface area contributed by atoms with Crippen LogP contribution in [-0.2, 0) is 11.3 Å². The Morgan fingerprint density at radius 1 is 1.00 bits per heavy atom. The Hall–Kier alpha value is -1.47. The summed E-state index contributed by atoms with van der Waals surface area (Å²) in [7, 11) is 0. The third-order valence-electron chi connectivity index (χ3n) is 3.63. The van der Waals surface area contributed by atoms with Gasteiger partial charge in [0.15, 0.2) is 0 Å². The summed E-state index contributed by atoms with van der Waals surface area (Å²) >= 11 is 5.91. The maximum absolute atomic E-state index is 6.13. The molecule has 0 N–H and O–H groups in total. The quantitative estimate of drug-likeness (QED) is 0.619. The van der Waals surface area contributed by atoms with Crippen molar-refractivity contribution < 1.29 is 4.74 Å². The Balaban J connectivity index is 2.38. The smallest absolute Gasteiger partial charge is 0.131 e. The summed E-state index contributed by atoms with van der Waals surface area (Å²) in [5.74, 6) is 2.31. The van der Waals surface area contributed by atoms with E-state index in [-0.39, 0.29) is 5.41 Å². The van der Waals surface area contributed by atoms with Gasteiger partial charge in [-0.05, 0) is 48.6 Å². The number of aryl methyl sites for hydroxylation is 2. The number of hydrogen-bond acceptors (Lipinski definition) is 1. The number of benzene rings is 2. The first-order chi connectivity index (χ1) is 9.81. The molecule has 0 spiro atoms. The second-order valence-electron chi connectivity index (χ2n) is 6.57. The molecule has 0 bridgehead atoms. The highest BCUT2D eigenvalue weighted by Gasteiger charge is 2.19. The molecule has 2 rings (SSSR count). The van der Waals surface area contributed by atoms with E-state index in [4.69, 9.17) is 16.3 Å². The Morgan fingerprint density at radius 2 is 1.71 bits per heavy atom. The molecule has 2 aromatic rings. The Morgan fingerprint density at radius 3 is 2.29 bits per heavy atom. The molecule has 0 heterocycles. The van der Waals surface area contributed by atoms with Crippen molar-refractivity contribution in [3.8, 4) is 11.5 Å². The van der Waals surface area contributed by atoms with Gasteiger partial charge in [-0.1, -0.05) is 44.5 Å². The van der Waals surface area contributed by atoms with Crippen LogP contribution in [0, 0.1) is 13.8 Å². The minimum Gasteiger partial charge on any atom is -0.457 e. The van der Waals surface area contributed by atoms with Crippen molar-refractivity contribution >= 4 is 11.6 Å². The van der Waals surface area contributed by atoms with Crippen LogP contribution in [0.25, 0.3) is 0 Å². The molecule has 0 aliphatic carbocycles. The van der Waals surface area contributed by atoms with E-state index in [0.717, 1.165) is 22.6 Å². The molecule has 0 aliphatic heterocycles. The summed E-state index contributed by atoms with van der Waals surface area (Å²) in [5, 5.41) is 0. The van der Waals surface area contributed by atoms with Gasteiger partial charge in [0.05, 0.1) is 0 Å². The molecule has 1 nitrogen and oxygen atoms in total. The molecule has 0 unspecified atom stereocenters. The molecular weight excluding hydrogens is 280 g/mol. The number of rotatable bonds is 3. The average molecular weight is 303 g/mol. The molecule has 0 radical (unpaired) electrons. The SMILES string of the molecule is Cc1ccc(Oc2ccc(CCl)c(C)c2)c(C(C)(C)C)c1. The molecule has 2 aromatic carbocycles. The van der Waals surface area contributed by atoms with Crippen LogP contribution in [0.1, 0.15) is 43.0 Å². The van der Waals surface area contributed by atoms with Crippen LogP contribution in [0.3, 0.4) is 0 Å². The maximum atomic E-state index is 6.13. The molecule has 0 aromatic heterocycles. The van der Waals surface area contributed by atoms with Gasteiger partial charge in [0.25, 0.3) is 0 Å². The van der Waals surface area contributed by atoms with E-state index in [1.165, 1.54) is 11.1 Å². The molecule has 21 heavy (non-hydrogen) atoms. The lowest BCUT2D eigenvalue weighted by Crippen LogP contribution is -2.12. The van der Waals surface area contributed by atoms with Crippen molar-refractivity contribution in [3.63, 3.8) is 0 Å². The van der Waals surface area contributed by atoms with Gasteiger partial charge in [0.1, 0.15) is 11.5 Å². The molecule has 0 amide bonds. The molecule has 0 aliphatic rings. The van der Waals surface area contributed by atoms with Gasteiger partial charge in [-0.3, -0.25) is 0 Å². The standard InChI is InChI=1S/C19H23ClO/c1-13-6-9-18(17(10-13)19(3,4)5)21-16-8-7-15(12-20)14(2)11-16/h6-11H,12H2,1-5H3. The fourth-order valence-electron chi connectivity index (χ4n) is 2.33. The largest absolute Gasteiger partial charge is 0.457 e. The predicted molar refractivity (Wildman–Crippen MR) is 90.7 cm³/mol. The molecule has 0 saturated heterocycles. The van der Waals surface area contributed by atoms with Gasteiger partial charge >= 0.3 is 0 Å². The van der Waals surface area contributed by atoms with E-state index in [0.29, 0.717) is 5.88 Å². The first-order valence-electron chi connectivity index (χ1n) is 7.26. The van der Waals surface area contributed by atoms with Crippen LogP contribution in [0.5, 0.6) is 11.5 Å². The van der Waals surface area contributed by atoms with Crippen molar-refractivity contribution in [1.82, 2.24) is 0 Å². The highest BCUT2D eigenvalue weighted by atomic mass is 35.5. The predicted octanol–water partition coefficient (Wildman–Crippen LogP) is 6.13. The first kappa shape index (κ1) is 15.9. The van der Waals surface area contributed by atoms with Crippen LogP contribution in [0.4, 0.5) is 0 Å². The van der Waals surface area contributed by atoms with E-state index >= 15 is 0 Å². The van der Waals surface area contributed by atoms with E-state index in [1.807, 2.05) is 18.2 Å². The van der Waals surface area contributed by atoms with Gasteiger partial charge < -0.3 is 4.74 Å². The number of ether oxygens (including phenoxy) is 1. The normalized spacial score (nSPS) is 11.5. The third kappa shape index (κ3) is 3.79. The Labute approximate surface area is 132 Å². The highest BCUT2D eigenvalue weighted by molar-refractivity contribution is 6.17. The summed E-state index contributed by atoms with van der Waals surface area (Å²) in [4.78, 5) is 0. The molecule has 112 valence electrons. The minimum absolute atomic E-state index is 0.0481. The van der Waals surface area contributed by atoms with Crippen molar-refractivity contribution in [2.24, 2.45) is 0 Å². The third-order valence-corrected chi connectivity index (χ3v) is 3.92. The molecule has 2 heteroatoms. The number of halogens is 1. The first-order valence-corrected chi connectivity index (χ1v) is 7.79. The second kappa shape index (κ2) is 6.11. The van der Waals surface area contributed by atoms with Crippen molar-refractivity contribution in [2.45, 2.75) is 45.9 Å². The zero-order valence-corrected chi connectivity index (χ0v) is 14.2. The van der Waals surface area contributed by atoms with Gasteiger partial charge in [0.2, 0.25) is 0 Å². The fraction of sp³-hybridized carbons (Fsp3) is 0.368. The summed E-state index contributed by atoms with van der Waals surface area (Å²) in [5.41, 5.74) is 4.82. The lowest BCUT2D eigenvalue weighted by molar-refractivity contribution is 0.454.